The third kappa shape index (κ3) is 3.82. The molecule has 0 unspecified atom stereocenters. The van der Waals surface area contributed by atoms with Gasteiger partial charge in [-0.25, -0.2) is 0 Å². The number of fused-ring (bicyclic) bond motifs is 1. The standard InChI is InChI=1S/C24H27NO3/c1-25-24(27)20(17-6-3-2-4-7-17)15-21(26)23-13-12-22(28-23)19-11-10-16-8-5-9-18(16)14-19/h5,8,10-14,17,20H,2-4,6-7,9,15H2,1H3,(H,25,27)/t20-/m0/s1. The topological polar surface area (TPSA) is 59.3 Å². The van der Waals surface area contributed by atoms with E-state index in [1.54, 1.807) is 13.1 Å². The number of rotatable bonds is 6. The first-order valence-corrected chi connectivity index (χ1v) is 10.3. The van der Waals surface area contributed by atoms with Gasteiger partial charge in [0.2, 0.25) is 5.91 Å². The van der Waals surface area contributed by atoms with Crippen molar-refractivity contribution in [3.8, 4) is 11.3 Å². The summed E-state index contributed by atoms with van der Waals surface area (Å²) in [6.45, 7) is 0. The molecule has 2 aromatic rings. The minimum Gasteiger partial charge on any atom is -0.453 e. The molecule has 2 aliphatic rings. The zero-order valence-corrected chi connectivity index (χ0v) is 16.4. The van der Waals surface area contributed by atoms with Crippen LogP contribution < -0.4 is 5.32 Å². The molecular weight excluding hydrogens is 350 g/mol. The van der Waals surface area contributed by atoms with Gasteiger partial charge >= 0.3 is 0 Å². The van der Waals surface area contributed by atoms with Gasteiger partial charge in [-0.2, -0.15) is 0 Å². The predicted molar refractivity (Wildman–Crippen MR) is 110 cm³/mol. The number of carbonyl (C=O) groups excluding carboxylic acids is 2. The number of carbonyl (C=O) groups is 2. The molecule has 0 radical (unpaired) electrons. The maximum atomic E-state index is 12.9. The molecule has 1 saturated carbocycles. The Morgan fingerprint density at radius 1 is 1.14 bits per heavy atom. The molecule has 0 bridgehead atoms. The van der Waals surface area contributed by atoms with Crippen LogP contribution in [-0.2, 0) is 11.2 Å². The average molecular weight is 377 g/mol. The molecule has 1 aromatic heterocycles. The van der Waals surface area contributed by atoms with Gasteiger partial charge < -0.3 is 9.73 Å². The van der Waals surface area contributed by atoms with Crippen LogP contribution >= 0.6 is 0 Å². The number of amides is 1. The van der Waals surface area contributed by atoms with Crippen LogP contribution in [0.3, 0.4) is 0 Å². The number of benzene rings is 1. The minimum absolute atomic E-state index is 0.0295. The normalized spacial score (nSPS) is 17.3. The van der Waals surface area contributed by atoms with Gasteiger partial charge in [-0.3, -0.25) is 9.59 Å². The van der Waals surface area contributed by atoms with Crippen molar-refractivity contribution in [2.45, 2.75) is 44.9 Å². The van der Waals surface area contributed by atoms with E-state index in [2.05, 4.69) is 29.6 Å². The maximum Gasteiger partial charge on any atom is 0.223 e. The monoisotopic (exact) mass is 377 g/mol. The second-order valence-corrected chi connectivity index (χ2v) is 7.93. The molecule has 0 saturated heterocycles. The molecule has 1 amide bonds. The summed E-state index contributed by atoms with van der Waals surface area (Å²) in [6.07, 6.45) is 11.0. The molecule has 146 valence electrons. The summed E-state index contributed by atoms with van der Waals surface area (Å²) in [6, 6.07) is 9.83. The molecule has 1 N–H and O–H groups in total. The highest BCUT2D eigenvalue weighted by Crippen LogP contribution is 2.34. The molecule has 2 aliphatic carbocycles. The van der Waals surface area contributed by atoms with Crippen molar-refractivity contribution in [1.82, 2.24) is 5.32 Å². The van der Waals surface area contributed by atoms with Crippen molar-refractivity contribution in [1.29, 1.82) is 0 Å². The molecule has 0 spiro atoms. The number of furan rings is 1. The van der Waals surface area contributed by atoms with Gasteiger partial charge in [-0.1, -0.05) is 43.5 Å². The first-order valence-electron chi connectivity index (χ1n) is 10.3. The second-order valence-electron chi connectivity index (χ2n) is 7.93. The highest BCUT2D eigenvalue weighted by Gasteiger charge is 2.32. The van der Waals surface area contributed by atoms with E-state index in [4.69, 9.17) is 4.42 Å². The molecule has 0 aliphatic heterocycles. The molecule has 1 atom stereocenters. The first-order chi connectivity index (χ1) is 13.7. The Hall–Kier alpha value is -2.62. The molecular formula is C24H27NO3. The lowest BCUT2D eigenvalue weighted by Gasteiger charge is -2.28. The number of allylic oxidation sites excluding steroid dienone is 1. The van der Waals surface area contributed by atoms with Gasteiger partial charge in [0, 0.05) is 24.9 Å². The van der Waals surface area contributed by atoms with Crippen LogP contribution in [0.15, 0.2) is 40.8 Å². The van der Waals surface area contributed by atoms with Gasteiger partial charge in [0.05, 0.1) is 0 Å². The molecule has 4 heteroatoms. The van der Waals surface area contributed by atoms with E-state index in [0.29, 0.717) is 11.5 Å². The Balaban J connectivity index is 1.49. The Bertz CT molecular complexity index is 902. The van der Waals surface area contributed by atoms with Gasteiger partial charge in [0.25, 0.3) is 0 Å². The molecule has 4 rings (SSSR count). The number of hydrogen-bond donors (Lipinski definition) is 1. The minimum atomic E-state index is -0.266. The maximum absolute atomic E-state index is 12.9. The van der Waals surface area contributed by atoms with Crippen molar-refractivity contribution >= 4 is 17.8 Å². The highest BCUT2D eigenvalue weighted by atomic mass is 16.3. The fourth-order valence-electron chi connectivity index (χ4n) is 4.55. The van der Waals surface area contributed by atoms with Gasteiger partial charge in [0.15, 0.2) is 11.5 Å². The van der Waals surface area contributed by atoms with Gasteiger partial charge in [-0.05, 0) is 54.5 Å². The molecule has 1 aromatic carbocycles. The predicted octanol–water partition coefficient (Wildman–Crippen LogP) is 5.03. The van der Waals surface area contributed by atoms with Crippen LogP contribution in [0.5, 0.6) is 0 Å². The summed E-state index contributed by atoms with van der Waals surface area (Å²) in [4.78, 5) is 25.3. The van der Waals surface area contributed by atoms with E-state index in [1.807, 2.05) is 12.1 Å². The summed E-state index contributed by atoms with van der Waals surface area (Å²) in [5, 5.41) is 2.75. The fraction of sp³-hybridized carbons (Fsp3) is 0.417. The summed E-state index contributed by atoms with van der Waals surface area (Å²) in [5.41, 5.74) is 3.50. The van der Waals surface area contributed by atoms with Crippen LogP contribution in [0.25, 0.3) is 17.4 Å². The van der Waals surface area contributed by atoms with E-state index >= 15 is 0 Å². The van der Waals surface area contributed by atoms with E-state index in [9.17, 15) is 9.59 Å². The van der Waals surface area contributed by atoms with E-state index < -0.39 is 0 Å². The SMILES string of the molecule is CNC(=O)[C@@H](CC(=O)c1ccc(-c2ccc3c(c2)CC=C3)o1)C1CCCCC1. The zero-order chi connectivity index (χ0) is 19.5. The summed E-state index contributed by atoms with van der Waals surface area (Å²) in [5.74, 6) is 0.950. The first kappa shape index (κ1) is 18.7. The van der Waals surface area contributed by atoms with Crippen molar-refractivity contribution < 1.29 is 14.0 Å². The third-order valence-corrected chi connectivity index (χ3v) is 6.15. The number of Topliss-reactive ketones (excluding diaryl/α,β-unsaturated/α-hetero) is 1. The van der Waals surface area contributed by atoms with Crippen LogP contribution in [0.2, 0.25) is 0 Å². The smallest absolute Gasteiger partial charge is 0.223 e. The third-order valence-electron chi connectivity index (χ3n) is 6.15. The Morgan fingerprint density at radius 3 is 2.75 bits per heavy atom. The van der Waals surface area contributed by atoms with Crippen molar-refractivity contribution in [2.75, 3.05) is 7.05 Å². The lowest BCUT2D eigenvalue weighted by molar-refractivity contribution is -0.126. The Labute approximate surface area is 166 Å². The Kier molecular flexibility index (Phi) is 5.47. The van der Waals surface area contributed by atoms with Crippen molar-refractivity contribution in [2.24, 2.45) is 11.8 Å². The van der Waals surface area contributed by atoms with E-state index in [1.165, 1.54) is 17.5 Å². The molecule has 1 fully saturated rings. The van der Waals surface area contributed by atoms with Gasteiger partial charge in [-0.15, -0.1) is 0 Å². The van der Waals surface area contributed by atoms with Crippen molar-refractivity contribution in [3.05, 3.63) is 53.3 Å². The van der Waals surface area contributed by atoms with Crippen LogP contribution in [0.4, 0.5) is 0 Å². The molecule has 28 heavy (non-hydrogen) atoms. The zero-order valence-electron chi connectivity index (χ0n) is 16.4. The number of ketones is 1. The highest BCUT2D eigenvalue weighted by molar-refractivity contribution is 5.97. The number of nitrogens with one attached hydrogen (secondary N) is 1. The van der Waals surface area contributed by atoms with Gasteiger partial charge in [0.1, 0.15) is 5.76 Å². The second kappa shape index (κ2) is 8.17. The van der Waals surface area contributed by atoms with E-state index in [0.717, 1.165) is 37.7 Å². The lowest BCUT2D eigenvalue weighted by atomic mass is 9.77. The Morgan fingerprint density at radius 2 is 1.96 bits per heavy atom. The summed E-state index contributed by atoms with van der Waals surface area (Å²) in [7, 11) is 1.65. The summed E-state index contributed by atoms with van der Waals surface area (Å²) < 4.78 is 5.89. The van der Waals surface area contributed by atoms with E-state index in [-0.39, 0.29) is 29.9 Å². The van der Waals surface area contributed by atoms with Crippen LogP contribution in [-0.4, -0.2) is 18.7 Å². The summed E-state index contributed by atoms with van der Waals surface area (Å²) >= 11 is 0. The van der Waals surface area contributed by atoms with Crippen LogP contribution in [0, 0.1) is 11.8 Å². The molecule has 4 nitrogen and oxygen atoms in total. The quantitative estimate of drug-likeness (QED) is 0.718. The molecule has 1 heterocycles. The lowest BCUT2D eigenvalue weighted by Crippen LogP contribution is -2.35. The number of hydrogen-bond acceptors (Lipinski definition) is 3. The van der Waals surface area contributed by atoms with Crippen molar-refractivity contribution in [3.63, 3.8) is 0 Å². The average Bonchev–Trinajstić information content (AvgIpc) is 3.40. The largest absolute Gasteiger partial charge is 0.453 e. The fourth-order valence-corrected chi connectivity index (χ4v) is 4.55. The van der Waals surface area contributed by atoms with Crippen LogP contribution in [0.1, 0.15) is 60.2 Å².